The Morgan fingerprint density at radius 1 is 0.655 bits per heavy atom. The molecule has 0 bridgehead atoms. The summed E-state index contributed by atoms with van der Waals surface area (Å²) in [5.41, 5.74) is 5.76. The van der Waals surface area contributed by atoms with Crippen LogP contribution in [0.25, 0.3) is 65.7 Å². The van der Waals surface area contributed by atoms with Crippen LogP contribution >= 0.6 is 22.7 Å². The Morgan fingerprint density at radius 2 is 1.36 bits per heavy atom. The minimum Gasteiger partial charge on any atom is -0.478 e. The number of hydrogen-bond donors (Lipinski definition) is 3. The average Bonchev–Trinajstić information content (AvgIpc) is 3.82. The number of benzene rings is 2. The summed E-state index contributed by atoms with van der Waals surface area (Å²) in [6.45, 7) is 4.40. The minimum atomic E-state index is -0.0193. The number of fused-ring (bicyclic) bond motifs is 2. The highest BCUT2D eigenvalue weighted by molar-refractivity contribution is 7.19. The molecule has 2 aromatic carbocycles. The number of thiophene rings is 2. The molecule has 0 aliphatic heterocycles. The van der Waals surface area contributed by atoms with Crippen LogP contribution in [0.5, 0.6) is 5.88 Å². The van der Waals surface area contributed by atoms with E-state index in [9.17, 15) is 0 Å². The Morgan fingerprint density at radius 3 is 2.15 bits per heavy atom. The number of pyridine rings is 2. The van der Waals surface area contributed by atoms with Gasteiger partial charge < -0.3 is 25.2 Å². The summed E-state index contributed by atoms with van der Waals surface area (Å²) in [5.74, 6) is 3.05. The van der Waals surface area contributed by atoms with Crippen molar-refractivity contribution < 1.29 is 14.6 Å². The molecule has 0 spiro atoms. The first-order chi connectivity index (χ1) is 27.2. The number of aliphatic hydroxyl groups excluding tert-OH is 1. The molecule has 0 atom stereocenters. The maximum absolute atomic E-state index is 9.11. The molecule has 55 heavy (non-hydrogen) atoms. The van der Waals surface area contributed by atoms with E-state index in [-0.39, 0.29) is 13.2 Å². The van der Waals surface area contributed by atoms with E-state index in [1.54, 1.807) is 28.9 Å². The van der Waals surface area contributed by atoms with Gasteiger partial charge in [-0.3, -0.25) is 4.98 Å². The molecule has 6 aromatic heterocycles. The van der Waals surface area contributed by atoms with Crippen molar-refractivity contribution in [2.75, 3.05) is 50.2 Å². The summed E-state index contributed by atoms with van der Waals surface area (Å²) in [5, 5.41) is 20.2. The molecule has 0 amide bonds. The lowest BCUT2D eigenvalue weighted by Gasteiger charge is -2.12. The van der Waals surface area contributed by atoms with Gasteiger partial charge in [0.2, 0.25) is 5.88 Å². The monoisotopic (exact) mass is 766 g/mol. The van der Waals surface area contributed by atoms with Crippen LogP contribution in [-0.2, 0) is 4.74 Å². The average molecular weight is 767 g/mol. The maximum atomic E-state index is 9.11. The highest BCUT2D eigenvalue weighted by Gasteiger charge is 2.20. The highest BCUT2D eigenvalue weighted by Crippen LogP contribution is 2.42. The third-order valence-electron chi connectivity index (χ3n) is 8.79. The Kier molecular flexibility index (Phi) is 11.2. The molecule has 0 unspecified atom stereocenters. The molecule has 0 radical (unpaired) electrons. The zero-order valence-corrected chi connectivity index (χ0v) is 31.7. The predicted molar refractivity (Wildman–Crippen MR) is 222 cm³/mol. The van der Waals surface area contributed by atoms with Gasteiger partial charge in [-0.05, 0) is 42.7 Å². The summed E-state index contributed by atoms with van der Waals surface area (Å²) in [4.78, 5) is 32.1. The Hall–Kier alpha value is -5.86. The lowest BCUT2D eigenvalue weighted by Crippen LogP contribution is -2.13. The van der Waals surface area contributed by atoms with E-state index in [4.69, 9.17) is 39.5 Å². The second-order valence-electron chi connectivity index (χ2n) is 12.5. The number of hydrogen-bond acceptors (Lipinski definition) is 13. The summed E-state index contributed by atoms with van der Waals surface area (Å²) < 4.78 is 11.7. The fraction of sp³-hybridized carbons (Fsp3) is 0.190. The lowest BCUT2D eigenvalue weighted by atomic mass is 10.0. The van der Waals surface area contributed by atoms with Gasteiger partial charge in [-0.2, -0.15) is 0 Å². The van der Waals surface area contributed by atoms with E-state index in [1.165, 1.54) is 4.88 Å². The van der Waals surface area contributed by atoms with Crippen molar-refractivity contribution in [3.05, 3.63) is 114 Å². The molecule has 0 aliphatic rings. The van der Waals surface area contributed by atoms with Crippen LogP contribution in [0.15, 0.2) is 109 Å². The molecule has 3 N–H and O–H groups in total. The molecular weight excluding hydrogens is 729 g/mol. The van der Waals surface area contributed by atoms with E-state index >= 15 is 0 Å². The number of ether oxygens (including phenoxy) is 2. The molecule has 6 heterocycles. The topological polar surface area (TPSA) is 140 Å². The van der Waals surface area contributed by atoms with E-state index in [0.717, 1.165) is 54.2 Å². The minimum absolute atomic E-state index is 0.0193. The Labute approximate surface area is 326 Å². The number of aliphatic hydroxyl groups is 1. The molecule has 276 valence electrons. The van der Waals surface area contributed by atoms with E-state index < -0.39 is 0 Å². The second kappa shape index (κ2) is 17.1. The molecular formula is C42H38N8O3S2. The number of aryl methyl sites for hydroxylation is 1. The first kappa shape index (κ1) is 36.1. The summed E-state index contributed by atoms with van der Waals surface area (Å²) in [6.07, 6.45) is 2.46. The van der Waals surface area contributed by atoms with E-state index in [2.05, 4.69) is 64.3 Å². The van der Waals surface area contributed by atoms with Crippen molar-refractivity contribution in [2.24, 2.45) is 0 Å². The molecule has 11 nitrogen and oxygen atoms in total. The molecule has 8 rings (SSSR count). The van der Waals surface area contributed by atoms with Crippen LogP contribution in [0, 0.1) is 6.92 Å². The van der Waals surface area contributed by atoms with Gasteiger partial charge in [-0.25, -0.2) is 24.9 Å². The van der Waals surface area contributed by atoms with Crippen molar-refractivity contribution in [1.29, 1.82) is 0 Å². The van der Waals surface area contributed by atoms with Crippen molar-refractivity contribution in [2.45, 2.75) is 13.3 Å². The third-order valence-corrected chi connectivity index (χ3v) is 10.7. The normalized spacial score (nSPS) is 11.3. The first-order valence-corrected chi connectivity index (χ1v) is 19.7. The van der Waals surface area contributed by atoms with E-state index in [1.807, 2.05) is 60.7 Å². The van der Waals surface area contributed by atoms with Crippen LogP contribution in [0.4, 0.5) is 11.6 Å². The predicted octanol–water partition coefficient (Wildman–Crippen LogP) is 8.76. The summed E-state index contributed by atoms with van der Waals surface area (Å²) >= 11 is 3.23. The number of anilines is 2. The summed E-state index contributed by atoms with van der Waals surface area (Å²) in [7, 11) is 0. The standard InChI is InChI=1S/C42H38N8O3S2/c1-27-34(29-14-6-3-7-15-29)36-40(47-37(50-42(36)55-27)31-16-8-9-19-43-31)44-20-11-23-53-33-18-10-17-32(46-33)38-48-39(45-21-24-52-25-22-51)35-30(26-54-41(35)49-38)28-12-4-2-5-13-28/h2-10,12-19,26,51H,11,20-25H2,1H3,(H,44,47,50)(H,45,48,49). The van der Waals surface area contributed by atoms with E-state index in [0.29, 0.717) is 61.8 Å². The van der Waals surface area contributed by atoms with Crippen LogP contribution in [0.1, 0.15) is 11.3 Å². The van der Waals surface area contributed by atoms with Gasteiger partial charge in [0.1, 0.15) is 32.7 Å². The van der Waals surface area contributed by atoms with Gasteiger partial charge in [0.25, 0.3) is 0 Å². The van der Waals surface area contributed by atoms with Crippen LogP contribution in [-0.4, -0.2) is 74.5 Å². The number of nitrogens with zero attached hydrogens (tertiary/aromatic N) is 6. The SMILES string of the molecule is Cc1sc2nc(-c3ccccn3)nc(NCCCOc3cccc(-c4nc(NCCOCCO)c5c(-c6ccccc6)csc5n4)n3)c2c1-c1ccccc1. The lowest BCUT2D eigenvalue weighted by molar-refractivity contribution is 0.0992. The van der Waals surface area contributed by atoms with Gasteiger partial charge >= 0.3 is 0 Å². The van der Waals surface area contributed by atoms with Crippen molar-refractivity contribution in [3.8, 4) is 51.2 Å². The van der Waals surface area contributed by atoms with Crippen LogP contribution in [0.3, 0.4) is 0 Å². The fourth-order valence-electron chi connectivity index (χ4n) is 6.30. The first-order valence-electron chi connectivity index (χ1n) is 18.1. The van der Waals surface area contributed by atoms with Crippen molar-refractivity contribution >= 4 is 54.7 Å². The molecule has 0 saturated carbocycles. The number of aromatic nitrogens is 6. The number of rotatable bonds is 16. The molecule has 0 fully saturated rings. The molecule has 8 aromatic rings. The second-order valence-corrected chi connectivity index (χ2v) is 14.6. The van der Waals surface area contributed by atoms with Crippen LogP contribution < -0.4 is 15.4 Å². The van der Waals surface area contributed by atoms with Gasteiger partial charge in [-0.15, -0.1) is 22.7 Å². The Bertz CT molecular complexity index is 2510. The zero-order chi connectivity index (χ0) is 37.4. The third kappa shape index (κ3) is 8.15. The molecule has 0 aliphatic carbocycles. The zero-order valence-electron chi connectivity index (χ0n) is 30.1. The van der Waals surface area contributed by atoms with Gasteiger partial charge in [0, 0.05) is 46.7 Å². The fourth-order valence-corrected chi connectivity index (χ4v) is 8.29. The van der Waals surface area contributed by atoms with Crippen molar-refractivity contribution in [1.82, 2.24) is 29.9 Å². The molecule has 0 saturated heterocycles. The maximum Gasteiger partial charge on any atom is 0.213 e. The largest absolute Gasteiger partial charge is 0.478 e. The Balaban J connectivity index is 0.993. The van der Waals surface area contributed by atoms with Gasteiger partial charge in [-0.1, -0.05) is 72.8 Å². The molecule has 13 heteroatoms. The highest BCUT2D eigenvalue weighted by atomic mass is 32.1. The van der Waals surface area contributed by atoms with Crippen LogP contribution in [0.2, 0.25) is 0 Å². The smallest absolute Gasteiger partial charge is 0.213 e. The van der Waals surface area contributed by atoms with Crippen molar-refractivity contribution in [3.63, 3.8) is 0 Å². The summed E-state index contributed by atoms with van der Waals surface area (Å²) in [6, 6.07) is 32.0. The quantitative estimate of drug-likeness (QED) is 0.0814. The van der Waals surface area contributed by atoms with Gasteiger partial charge in [0.05, 0.1) is 37.2 Å². The van der Waals surface area contributed by atoms with Gasteiger partial charge in [0.15, 0.2) is 11.6 Å². The number of nitrogens with one attached hydrogen (secondary N) is 2.